The Morgan fingerprint density at radius 3 is 0.885 bits per heavy atom. The van der Waals surface area contributed by atoms with Crippen LogP contribution in [0.15, 0.2) is 0 Å². The van der Waals surface area contributed by atoms with Gasteiger partial charge in [0.2, 0.25) is 0 Å². The molecule has 8 bridgehead atoms. The Kier molecular flexibility index (Phi) is 9.72. The number of fused-ring (bicyclic) bond motifs is 20. The second-order valence-corrected chi connectivity index (χ2v) is 21.6. The molecule has 5 saturated heterocycles. The highest BCUT2D eigenvalue weighted by Crippen LogP contribution is 2.56. The van der Waals surface area contributed by atoms with E-state index in [2.05, 4.69) is 84.1 Å². The van der Waals surface area contributed by atoms with Crippen LogP contribution in [-0.2, 0) is 0 Å². The standard InChI is InChI=1S/C41H77N11/c1-39(2,42)27-19-26-28(30(41(5,6)44)29(27)40(3,4)43)38-51-36-25-18-12-11-17-24(25)34(49-36)47-32-21-14-8-7-13-20(21)31(45-32)46-33-22-15-9-10-16-23(22)35(48-33)50-37(26)52-38/h20-38,45-52H,7-19,42-44H2,1-6H3. The summed E-state index contributed by atoms with van der Waals surface area (Å²) in [6, 6.07) is 0. The molecule has 0 spiro atoms. The fraction of sp³-hybridized carbons (Fsp3) is 1.00. The number of nitrogens with two attached hydrogens (primary N) is 3. The molecule has 9 aliphatic rings. The van der Waals surface area contributed by atoms with E-state index in [-0.39, 0.29) is 48.0 Å². The van der Waals surface area contributed by atoms with Crippen LogP contribution in [0.3, 0.4) is 0 Å². The summed E-state index contributed by atoms with van der Waals surface area (Å²) in [6.45, 7) is 13.5. The molecular weight excluding hydrogens is 647 g/mol. The van der Waals surface area contributed by atoms with Crippen molar-refractivity contribution in [2.24, 2.45) is 82.3 Å². The van der Waals surface area contributed by atoms with Crippen LogP contribution >= 0.6 is 0 Å². The third-order valence-electron chi connectivity index (χ3n) is 16.8. The molecule has 0 aromatic heterocycles. The molecule has 0 aromatic rings. The van der Waals surface area contributed by atoms with E-state index < -0.39 is 11.1 Å². The summed E-state index contributed by atoms with van der Waals surface area (Å²) in [5.41, 5.74) is 20.6. The van der Waals surface area contributed by atoms with Crippen molar-refractivity contribution in [1.82, 2.24) is 42.5 Å². The van der Waals surface area contributed by atoms with Crippen LogP contribution in [0.1, 0.15) is 125 Å². The monoisotopic (exact) mass is 724 g/mol. The van der Waals surface area contributed by atoms with Crippen LogP contribution in [0.2, 0.25) is 0 Å². The molecule has 9 rings (SSSR count). The van der Waals surface area contributed by atoms with Crippen molar-refractivity contribution in [3.05, 3.63) is 0 Å². The Labute approximate surface area is 315 Å². The van der Waals surface area contributed by atoms with E-state index in [0.29, 0.717) is 72.0 Å². The summed E-state index contributed by atoms with van der Waals surface area (Å²) in [5, 5.41) is 34.3. The zero-order chi connectivity index (χ0) is 36.3. The highest BCUT2D eigenvalue weighted by atomic mass is 15.4. The van der Waals surface area contributed by atoms with E-state index in [1.807, 2.05) is 0 Å². The van der Waals surface area contributed by atoms with Gasteiger partial charge in [-0.2, -0.15) is 0 Å². The SMILES string of the molecule is CC(C)(N)C1CC2C3NC4NC(NC5NC(NC6NC(NC(N3)C2C(C(C)(C)N)C1C(C)(C)N)C1CCCCC61)C1CCCCC51)C1CCCCC41. The van der Waals surface area contributed by atoms with Crippen molar-refractivity contribution in [1.29, 1.82) is 0 Å². The second kappa shape index (κ2) is 13.6. The Hall–Kier alpha value is -0.440. The third-order valence-corrected chi connectivity index (χ3v) is 16.8. The molecule has 0 aromatic carbocycles. The first-order chi connectivity index (χ1) is 24.7. The van der Waals surface area contributed by atoms with E-state index in [4.69, 9.17) is 17.2 Å². The molecule has 0 radical (unpaired) electrons. The first-order valence-electron chi connectivity index (χ1n) is 22.1. The zero-order valence-corrected chi connectivity index (χ0v) is 33.4. The quantitative estimate of drug-likeness (QED) is 0.207. The zero-order valence-electron chi connectivity index (χ0n) is 33.4. The summed E-state index contributed by atoms with van der Waals surface area (Å²) in [5.74, 6) is 5.19. The normalized spacial score (nSPS) is 52.4. The molecule has 9 fully saturated rings. The summed E-state index contributed by atoms with van der Waals surface area (Å²) < 4.78 is 0. The largest absolute Gasteiger partial charge is 0.325 e. The smallest absolute Gasteiger partial charge is 0.0632 e. The topological polar surface area (TPSA) is 174 Å². The average Bonchev–Trinajstić information content (AvgIpc) is 3.82. The summed E-state index contributed by atoms with van der Waals surface area (Å²) in [7, 11) is 0. The van der Waals surface area contributed by atoms with Crippen LogP contribution in [0.5, 0.6) is 0 Å². The Morgan fingerprint density at radius 1 is 0.346 bits per heavy atom. The molecule has 52 heavy (non-hydrogen) atoms. The van der Waals surface area contributed by atoms with Crippen molar-refractivity contribution < 1.29 is 0 Å². The average molecular weight is 724 g/mol. The van der Waals surface area contributed by atoms with Gasteiger partial charge in [0, 0.05) is 16.6 Å². The van der Waals surface area contributed by atoms with Gasteiger partial charge in [-0.05, 0) is 152 Å². The molecule has 0 amide bonds. The van der Waals surface area contributed by atoms with E-state index in [1.54, 1.807) is 0 Å². The van der Waals surface area contributed by atoms with Gasteiger partial charge in [-0.1, -0.05) is 38.5 Å². The van der Waals surface area contributed by atoms with Crippen LogP contribution < -0.4 is 59.7 Å². The van der Waals surface area contributed by atoms with Gasteiger partial charge >= 0.3 is 0 Å². The van der Waals surface area contributed by atoms with Crippen molar-refractivity contribution in [2.75, 3.05) is 0 Å². The van der Waals surface area contributed by atoms with Crippen LogP contribution in [0.4, 0.5) is 0 Å². The van der Waals surface area contributed by atoms with E-state index in [9.17, 15) is 0 Å². The van der Waals surface area contributed by atoms with Crippen LogP contribution in [0.25, 0.3) is 0 Å². The fourth-order valence-corrected chi connectivity index (χ4v) is 14.8. The minimum Gasteiger partial charge on any atom is -0.325 e. The Morgan fingerprint density at radius 2 is 0.615 bits per heavy atom. The van der Waals surface area contributed by atoms with E-state index >= 15 is 0 Å². The Bertz CT molecular complexity index is 1270. The first kappa shape index (κ1) is 37.2. The lowest BCUT2D eigenvalue weighted by Gasteiger charge is -2.58. The van der Waals surface area contributed by atoms with Crippen molar-refractivity contribution >= 4 is 0 Å². The van der Waals surface area contributed by atoms with Crippen molar-refractivity contribution in [3.63, 3.8) is 0 Å². The lowest BCUT2D eigenvalue weighted by molar-refractivity contribution is -0.0587. The van der Waals surface area contributed by atoms with Gasteiger partial charge in [-0.15, -0.1) is 0 Å². The number of hydrogen-bond donors (Lipinski definition) is 11. The van der Waals surface area contributed by atoms with Crippen LogP contribution in [0, 0.1) is 65.1 Å². The summed E-state index contributed by atoms with van der Waals surface area (Å²) in [4.78, 5) is 0. The summed E-state index contributed by atoms with van der Waals surface area (Å²) in [6.07, 6.45) is 19.0. The number of hydrogen-bond acceptors (Lipinski definition) is 11. The molecular formula is C41H77N11. The van der Waals surface area contributed by atoms with Gasteiger partial charge < -0.3 is 17.2 Å². The molecule has 296 valence electrons. The van der Waals surface area contributed by atoms with Gasteiger partial charge in [-0.25, -0.2) is 0 Å². The highest BCUT2D eigenvalue weighted by Gasteiger charge is 2.63. The van der Waals surface area contributed by atoms with Gasteiger partial charge in [0.25, 0.3) is 0 Å². The fourth-order valence-electron chi connectivity index (χ4n) is 14.8. The predicted molar refractivity (Wildman–Crippen MR) is 209 cm³/mol. The minimum atomic E-state index is -0.430. The van der Waals surface area contributed by atoms with Crippen molar-refractivity contribution in [2.45, 2.75) is 191 Å². The molecule has 5 aliphatic heterocycles. The second-order valence-electron chi connectivity index (χ2n) is 21.6. The molecule has 4 aliphatic carbocycles. The number of rotatable bonds is 3. The lowest BCUT2D eigenvalue weighted by atomic mass is 9.50. The molecule has 19 atom stereocenters. The third kappa shape index (κ3) is 6.45. The lowest BCUT2D eigenvalue weighted by Crippen LogP contribution is -2.68. The molecule has 14 N–H and O–H groups in total. The van der Waals surface area contributed by atoms with Crippen molar-refractivity contribution in [3.8, 4) is 0 Å². The van der Waals surface area contributed by atoms with E-state index in [1.165, 1.54) is 77.0 Å². The molecule has 5 heterocycles. The number of nitrogens with one attached hydrogen (secondary N) is 8. The molecule has 11 nitrogen and oxygen atoms in total. The maximum atomic E-state index is 7.40. The van der Waals surface area contributed by atoms with Crippen LogP contribution in [-0.4, -0.2) is 65.9 Å². The summed E-state index contributed by atoms with van der Waals surface area (Å²) >= 11 is 0. The van der Waals surface area contributed by atoms with Gasteiger partial charge in [-0.3, -0.25) is 42.5 Å². The molecule has 4 saturated carbocycles. The van der Waals surface area contributed by atoms with Gasteiger partial charge in [0.15, 0.2) is 0 Å². The first-order valence-corrected chi connectivity index (χ1v) is 22.1. The maximum Gasteiger partial charge on any atom is 0.0632 e. The maximum absolute atomic E-state index is 7.40. The van der Waals surface area contributed by atoms with Gasteiger partial charge in [0.05, 0.1) is 49.3 Å². The van der Waals surface area contributed by atoms with Gasteiger partial charge in [0.1, 0.15) is 0 Å². The minimum absolute atomic E-state index is 0.114. The van der Waals surface area contributed by atoms with E-state index in [0.717, 1.165) is 6.42 Å². The highest BCUT2D eigenvalue weighted by molar-refractivity contribution is 5.16. The predicted octanol–water partition coefficient (Wildman–Crippen LogP) is 2.50. The molecule has 11 heteroatoms. The Balaban J connectivity index is 1.12. The molecule has 19 unspecified atom stereocenters.